The van der Waals surface area contributed by atoms with E-state index in [0.29, 0.717) is 48.2 Å². The van der Waals surface area contributed by atoms with Crippen LogP contribution in [-0.4, -0.2) is 44.6 Å². The molecule has 7 heteroatoms. The fourth-order valence-corrected chi connectivity index (χ4v) is 4.00. The van der Waals surface area contributed by atoms with Crippen molar-refractivity contribution in [3.05, 3.63) is 83.6 Å². The molecule has 2 heterocycles. The summed E-state index contributed by atoms with van der Waals surface area (Å²) in [5.74, 6) is -0.674. The zero-order valence-electron chi connectivity index (χ0n) is 16.8. The summed E-state index contributed by atoms with van der Waals surface area (Å²) in [5, 5.41) is 19.2. The molecule has 3 aromatic rings. The van der Waals surface area contributed by atoms with Gasteiger partial charge in [-0.1, -0.05) is 12.1 Å². The summed E-state index contributed by atoms with van der Waals surface area (Å²) in [6.07, 6.45) is 3.92. The van der Waals surface area contributed by atoms with E-state index in [1.54, 1.807) is 29.3 Å². The van der Waals surface area contributed by atoms with Crippen LogP contribution < -0.4 is 0 Å². The molecule has 0 saturated carbocycles. The number of benzene rings is 2. The Morgan fingerprint density at radius 3 is 2.74 bits per heavy atom. The van der Waals surface area contributed by atoms with Crippen molar-refractivity contribution in [3.63, 3.8) is 0 Å². The van der Waals surface area contributed by atoms with Gasteiger partial charge in [0.15, 0.2) is 0 Å². The summed E-state index contributed by atoms with van der Waals surface area (Å²) in [6.45, 7) is 0.404. The maximum atomic E-state index is 14.0. The molecule has 1 saturated heterocycles. The third-order valence-electron chi connectivity index (χ3n) is 5.57. The summed E-state index contributed by atoms with van der Waals surface area (Å²) >= 11 is 0. The number of rotatable bonds is 4. The number of aliphatic hydroxyl groups excluding tert-OH is 1. The van der Waals surface area contributed by atoms with Gasteiger partial charge in [0, 0.05) is 29.9 Å². The van der Waals surface area contributed by atoms with E-state index < -0.39 is 11.9 Å². The van der Waals surface area contributed by atoms with Crippen LogP contribution in [-0.2, 0) is 6.42 Å². The van der Waals surface area contributed by atoms with Crippen LogP contribution in [0.3, 0.4) is 0 Å². The van der Waals surface area contributed by atoms with Gasteiger partial charge in [0.25, 0.3) is 5.91 Å². The maximum absolute atomic E-state index is 14.0. The normalized spacial score (nSPS) is 18.4. The summed E-state index contributed by atoms with van der Waals surface area (Å²) in [7, 11) is 0. The van der Waals surface area contributed by atoms with Gasteiger partial charge < -0.3 is 10.0 Å². The van der Waals surface area contributed by atoms with Gasteiger partial charge in [-0.25, -0.2) is 14.4 Å². The third-order valence-corrected chi connectivity index (χ3v) is 5.57. The number of carbonyl (C=O) groups is 1. The van der Waals surface area contributed by atoms with Crippen LogP contribution in [0.5, 0.6) is 0 Å². The van der Waals surface area contributed by atoms with Crippen molar-refractivity contribution in [2.24, 2.45) is 0 Å². The lowest BCUT2D eigenvalue weighted by atomic mass is 9.92. The lowest BCUT2D eigenvalue weighted by Crippen LogP contribution is -2.48. The molecule has 0 spiro atoms. The minimum atomic E-state index is -0.484. The topological polar surface area (TPSA) is 90.1 Å². The van der Waals surface area contributed by atoms with E-state index in [0.717, 1.165) is 5.56 Å². The monoisotopic (exact) mass is 416 g/mol. The number of likely N-dealkylation sites (tertiary alicyclic amines) is 1. The first kappa shape index (κ1) is 20.6. The molecular formula is C24H21FN4O2. The molecule has 1 fully saturated rings. The molecule has 1 aliphatic heterocycles. The Morgan fingerprint density at radius 2 is 2.03 bits per heavy atom. The molecule has 0 bridgehead atoms. The summed E-state index contributed by atoms with van der Waals surface area (Å²) < 4.78 is 14.0. The van der Waals surface area contributed by atoms with Crippen LogP contribution in [0.2, 0.25) is 0 Å². The first-order valence-corrected chi connectivity index (χ1v) is 10.1. The van der Waals surface area contributed by atoms with Crippen LogP contribution in [0.15, 0.2) is 61.1 Å². The van der Waals surface area contributed by atoms with E-state index in [9.17, 15) is 14.3 Å². The number of halogens is 1. The number of nitriles is 1. The predicted molar refractivity (Wildman–Crippen MR) is 112 cm³/mol. The van der Waals surface area contributed by atoms with Gasteiger partial charge in [-0.05, 0) is 61.2 Å². The quantitative estimate of drug-likeness (QED) is 0.704. The largest absolute Gasteiger partial charge is 0.393 e. The van der Waals surface area contributed by atoms with Crippen LogP contribution in [0.1, 0.15) is 34.3 Å². The van der Waals surface area contributed by atoms with Gasteiger partial charge in [-0.3, -0.25) is 4.79 Å². The highest BCUT2D eigenvalue weighted by molar-refractivity contribution is 6.00. The molecule has 2 atom stereocenters. The SMILES string of the molecule is N#Cc1ccc(CC2CC(O)CCN2C(=O)c2ccc(F)cc2-c2ccncn2)cc1. The van der Waals surface area contributed by atoms with Crippen molar-refractivity contribution in [2.75, 3.05) is 6.54 Å². The van der Waals surface area contributed by atoms with Crippen molar-refractivity contribution in [1.82, 2.24) is 14.9 Å². The number of piperidine rings is 1. The molecule has 156 valence electrons. The average Bonchev–Trinajstić information content (AvgIpc) is 2.80. The lowest BCUT2D eigenvalue weighted by molar-refractivity contribution is 0.0325. The zero-order valence-corrected chi connectivity index (χ0v) is 16.8. The Kier molecular flexibility index (Phi) is 6.01. The minimum absolute atomic E-state index is 0.215. The number of carbonyl (C=O) groups excluding carboxylic acids is 1. The standard InChI is InChI=1S/C24H21FN4O2/c25-18-5-6-21(22(12-18)23-7-9-27-15-28-23)24(31)29-10-8-20(30)13-19(29)11-16-1-3-17(14-26)4-2-16/h1-7,9,12,15,19-20,30H,8,10-11,13H2. The average molecular weight is 416 g/mol. The molecule has 1 aliphatic rings. The smallest absolute Gasteiger partial charge is 0.254 e. The van der Waals surface area contributed by atoms with Crippen LogP contribution in [0.4, 0.5) is 4.39 Å². The van der Waals surface area contributed by atoms with Gasteiger partial charge in [-0.2, -0.15) is 5.26 Å². The van der Waals surface area contributed by atoms with E-state index in [2.05, 4.69) is 16.0 Å². The van der Waals surface area contributed by atoms with Gasteiger partial charge in [0.05, 0.1) is 23.4 Å². The molecule has 0 aliphatic carbocycles. The summed E-state index contributed by atoms with van der Waals surface area (Å²) in [6, 6.07) is 14.8. The third kappa shape index (κ3) is 4.60. The molecule has 4 rings (SSSR count). The fraction of sp³-hybridized carbons (Fsp3) is 0.250. The number of amides is 1. The lowest BCUT2D eigenvalue weighted by Gasteiger charge is -2.38. The Labute approximate surface area is 179 Å². The van der Waals surface area contributed by atoms with Crippen molar-refractivity contribution >= 4 is 5.91 Å². The van der Waals surface area contributed by atoms with Crippen LogP contribution >= 0.6 is 0 Å². The highest BCUT2D eigenvalue weighted by Crippen LogP contribution is 2.28. The van der Waals surface area contributed by atoms with E-state index in [1.807, 2.05) is 12.1 Å². The van der Waals surface area contributed by atoms with Crippen molar-refractivity contribution in [3.8, 4) is 17.3 Å². The molecule has 2 unspecified atom stereocenters. The van der Waals surface area contributed by atoms with E-state index in [-0.39, 0.29) is 11.9 Å². The second-order valence-electron chi connectivity index (χ2n) is 7.63. The number of hydrogen-bond donors (Lipinski definition) is 1. The zero-order chi connectivity index (χ0) is 21.8. The summed E-state index contributed by atoms with van der Waals surface area (Å²) in [4.78, 5) is 23.4. The van der Waals surface area contributed by atoms with Gasteiger partial charge in [-0.15, -0.1) is 0 Å². The molecule has 2 aromatic carbocycles. The van der Waals surface area contributed by atoms with Gasteiger partial charge >= 0.3 is 0 Å². The fourth-order valence-electron chi connectivity index (χ4n) is 4.00. The van der Waals surface area contributed by atoms with E-state index >= 15 is 0 Å². The van der Waals surface area contributed by atoms with Gasteiger partial charge in [0.1, 0.15) is 12.1 Å². The van der Waals surface area contributed by atoms with Gasteiger partial charge in [0.2, 0.25) is 0 Å². The van der Waals surface area contributed by atoms with Crippen LogP contribution in [0, 0.1) is 17.1 Å². The predicted octanol–water partition coefficient (Wildman–Crippen LogP) is 3.36. The Hall–Kier alpha value is -3.63. The minimum Gasteiger partial charge on any atom is -0.393 e. The van der Waals surface area contributed by atoms with Crippen LogP contribution in [0.25, 0.3) is 11.3 Å². The molecule has 0 radical (unpaired) electrons. The van der Waals surface area contributed by atoms with E-state index in [4.69, 9.17) is 5.26 Å². The van der Waals surface area contributed by atoms with Crippen molar-refractivity contribution in [2.45, 2.75) is 31.4 Å². The molecule has 1 N–H and O–H groups in total. The number of aliphatic hydroxyl groups is 1. The Morgan fingerprint density at radius 1 is 1.23 bits per heavy atom. The molecule has 1 aromatic heterocycles. The highest BCUT2D eigenvalue weighted by atomic mass is 19.1. The Balaban J connectivity index is 1.65. The number of nitrogens with zero attached hydrogens (tertiary/aromatic N) is 4. The first-order chi connectivity index (χ1) is 15.0. The number of aromatic nitrogens is 2. The molecule has 1 amide bonds. The first-order valence-electron chi connectivity index (χ1n) is 10.1. The number of hydrogen-bond acceptors (Lipinski definition) is 5. The second-order valence-corrected chi connectivity index (χ2v) is 7.63. The van der Waals surface area contributed by atoms with Crippen molar-refractivity contribution < 1.29 is 14.3 Å². The van der Waals surface area contributed by atoms with E-state index in [1.165, 1.54) is 24.5 Å². The molecular weight excluding hydrogens is 395 g/mol. The second kappa shape index (κ2) is 9.02. The highest BCUT2D eigenvalue weighted by Gasteiger charge is 2.32. The summed E-state index contributed by atoms with van der Waals surface area (Å²) in [5.41, 5.74) is 2.79. The molecule has 31 heavy (non-hydrogen) atoms. The van der Waals surface area contributed by atoms with Crippen molar-refractivity contribution in [1.29, 1.82) is 5.26 Å². The maximum Gasteiger partial charge on any atom is 0.254 e. The molecule has 6 nitrogen and oxygen atoms in total. The Bertz CT molecular complexity index is 1110.